The molecule has 4 saturated carbocycles. The Bertz CT molecular complexity index is 456. The fraction of sp³-hybridized carbons (Fsp3) is 0.944. The van der Waals surface area contributed by atoms with E-state index >= 15 is 0 Å². The van der Waals surface area contributed by atoms with Gasteiger partial charge in [-0.05, 0) is 62.2 Å². The van der Waals surface area contributed by atoms with E-state index in [0.29, 0.717) is 22.8 Å². The summed E-state index contributed by atoms with van der Waals surface area (Å²) < 4.78 is 0. The van der Waals surface area contributed by atoms with Crippen LogP contribution in [-0.4, -0.2) is 36.5 Å². The first-order valence-corrected chi connectivity index (χ1v) is 8.85. The molecule has 3 atom stereocenters. The van der Waals surface area contributed by atoms with E-state index in [-0.39, 0.29) is 5.41 Å². The lowest BCUT2D eigenvalue weighted by Crippen LogP contribution is -2.63. The Hall–Kier alpha value is -0.570. The van der Waals surface area contributed by atoms with Gasteiger partial charge in [0, 0.05) is 25.7 Å². The van der Waals surface area contributed by atoms with E-state index < -0.39 is 0 Å². The minimum atomic E-state index is -0.0193. The standard InChI is InChI=1S/C18H30N2O/c1-13-9-19-4-5-20(13)15(21)18-8-14-6-16(2,11-18)10-17(3,7-14)12-18/h13-14,19H,4-12H2,1-3H3/t13-,14?,16?,17?,18?/m1/s1. The smallest absolute Gasteiger partial charge is 0.229 e. The molecule has 5 aliphatic rings. The SMILES string of the molecule is C[C@@H]1CNCCN1C(=O)C12CC3CC(C)(CC(C)(C3)C1)C2. The van der Waals surface area contributed by atoms with E-state index in [2.05, 4.69) is 31.0 Å². The number of amides is 1. The van der Waals surface area contributed by atoms with Crippen molar-refractivity contribution in [1.29, 1.82) is 0 Å². The summed E-state index contributed by atoms with van der Waals surface area (Å²) in [5, 5.41) is 3.41. The summed E-state index contributed by atoms with van der Waals surface area (Å²) in [4.78, 5) is 15.6. The Balaban J connectivity index is 1.66. The Kier molecular flexibility index (Phi) is 2.84. The summed E-state index contributed by atoms with van der Waals surface area (Å²) in [6, 6.07) is 0.361. The van der Waals surface area contributed by atoms with E-state index in [0.717, 1.165) is 38.4 Å². The summed E-state index contributed by atoms with van der Waals surface area (Å²) in [6.07, 6.45) is 7.57. The van der Waals surface area contributed by atoms with Crippen LogP contribution in [0.15, 0.2) is 0 Å². The van der Waals surface area contributed by atoms with Crippen molar-refractivity contribution in [3.05, 3.63) is 0 Å². The lowest BCUT2D eigenvalue weighted by molar-refractivity contribution is -0.181. The van der Waals surface area contributed by atoms with Crippen LogP contribution in [0, 0.1) is 22.2 Å². The van der Waals surface area contributed by atoms with Crippen LogP contribution in [0.1, 0.15) is 59.3 Å². The lowest BCUT2D eigenvalue weighted by atomic mass is 9.40. The minimum absolute atomic E-state index is 0.0193. The van der Waals surface area contributed by atoms with Gasteiger partial charge < -0.3 is 10.2 Å². The second-order valence-electron chi connectivity index (χ2n) is 9.46. The molecule has 2 unspecified atom stereocenters. The van der Waals surface area contributed by atoms with E-state index in [4.69, 9.17) is 0 Å². The summed E-state index contributed by atoms with van der Waals surface area (Å²) in [6.45, 7) is 9.94. The van der Waals surface area contributed by atoms with Crippen LogP contribution in [0.4, 0.5) is 0 Å². The van der Waals surface area contributed by atoms with E-state index in [1.54, 1.807) is 0 Å². The van der Waals surface area contributed by atoms with Gasteiger partial charge in [-0.1, -0.05) is 13.8 Å². The highest BCUT2D eigenvalue weighted by Crippen LogP contribution is 2.69. The molecule has 5 rings (SSSR count). The molecule has 0 aromatic heterocycles. The van der Waals surface area contributed by atoms with Crippen LogP contribution in [0.25, 0.3) is 0 Å². The van der Waals surface area contributed by atoms with Crippen molar-refractivity contribution in [2.24, 2.45) is 22.2 Å². The highest BCUT2D eigenvalue weighted by molar-refractivity contribution is 5.84. The zero-order valence-corrected chi connectivity index (χ0v) is 13.9. The van der Waals surface area contributed by atoms with Crippen molar-refractivity contribution in [3.8, 4) is 0 Å². The number of nitrogens with zero attached hydrogens (tertiary/aromatic N) is 1. The number of carbonyl (C=O) groups is 1. The van der Waals surface area contributed by atoms with Gasteiger partial charge in [0.2, 0.25) is 5.91 Å². The third kappa shape index (κ3) is 2.07. The molecule has 1 heterocycles. The maximum atomic E-state index is 13.4. The molecule has 21 heavy (non-hydrogen) atoms. The zero-order chi connectivity index (χ0) is 14.9. The van der Waals surface area contributed by atoms with Gasteiger partial charge in [0.25, 0.3) is 0 Å². The van der Waals surface area contributed by atoms with Crippen molar-refractivity contribution < 1.29 is 4.79 Å². The molecule has 3 nitrogen and oxygen atoms in total. The molecule has 4 bridgehead atoms. The molecule has 0 spiro atoms. The van der Waals surface area contributed by atoms with E-state index in [1.165, 1.54) is 25.7 Å². The van der Waals surface area contributed by atoms with Crippen LogP contribution >= 0.6 is 0 Å². The third-order valence-electron chi connectivity index (χ3n) is 6.84. The second kappa shape index (κ2) is 4.24. The molecule has 3 heteroatoms. The van der Waals surface area contributed by atoms with Gasteiger partial charge in [0.1, 0.15) is 0 Å². The second-order valence-corrected chi connectivity index (χ2v) is 9.46. The molecule has 1 aliphatic heterocycles. The molecular weight excluding hydrogens is 260 g/mol. The fourth-order valence-corrected chi connectivity index (χ4v) is 7.13. The number of hydrogen-bond acceptors (Lipinski definition) is 2. The largest absolute Gasteiger partial charge is 0.337 e. The molecule has 0 radical (unpaired) electrons. The molecule has 0 aromatic carbocycles. The highest BCUT2D eigenvalue weighted by Gasteiger charge is 2.63. The Morgan fingerprint density at radius 3 is 2.33 bits per heavy atom. The van der Waals surface area contributed by atoms with Crippen LogP contribution in [0.3, 0.4) is 0 Å². The van der Waals surface area contributed by atoms with Gasteiger partial charge in [-0.25, -0.2) is 0 Å². The molecule has 1 N–H and O–H groups in total. The Morgan fingerprint density at radius 1 is 1.10 bits per heavy atom. The van der Waals surface area contributed by atoms with Gasteiger partial charge >= 0.3 is 0 Å². The molecule has 5 fully saturated rings. The first kappa shape index (κ1) is 14.0. The average molecular weight is 290 g/mol. The molecule has 4 aliphatic carbocycles. The van der Waals surface area contributed by atoms with Crippen molar-refractivity contribution in [2.75, 3.05) is 19.6 Å². The number of rotatable bonds is 1. The molecule has 1 amide bonds. The van der Waals surface area contributed by atoms with Crippen LogP contribution in [0.2, 0.25) is 0 Å². The first-order valence-electron chi connectivity index (χ1n) is 8.85. The van der Waals surface area contributed by atoms with Gasteiger partial charge in [-0.15, -0.1) is 0 Å². The molecule has 1 saturated heterocycles. The van der Waals surface area contributed by atoms with Crippen molar-refractivity contribution >= 4 is 5.91 Å². The lowest BCUT2D eigenvalue weighted by Gasteiger charge is -2.65. The van der Waals surface area contributed by atoms with Gasteiger partial charge in [0.15, 0.2) is 0 Å². The molecular formula is C18H30N2O. The average Bonchev–Trinajstić information content (AvgIpc) is 2.34. The number of hydrogen-bond donors (Lipinski definition) is 1. The summed E-state index contributed by atoms with van der Waals surface area (Å²) in [5.41, 5.74) is 0.844. The fourth-order valence-electron chi connectivity index (χ4n) is 7.13. The topological polar surface area (TPSA) is 32.3 Å². The maximum absolute atomic E-state index is 13.4. The Morgan fingerprint density at radius 2 is 1.76 bits per heavy atom. The van der Waals surface area contributed by atoms with Crippen molar-refractivity contribution in [3.63, 3.8) is 0 Å². The van der Waals surface area contributed by atoms with Crippen LogP contribution < -0.4 is 5.32 Å². The van der Waals surface area contributed by atoms with Crippen LogP contribution in [0.5, 0.6) is 0 Å². The summed E-state index contributed by atoms with van der Waals surface area (Å²) in [5.74, 6) is 1.30. The van der Waals surface area contributed by atoms with E-state index in [9.17, 15) is 4.79 Å². The highest BCUT2D eigenvalue weighted by atomic mass is 16.2. The maximum Gasteiger partial charge on any atom is 0.229 e. The van der Waals surface area contributed by atoms with Gasteiger partial charge in [-0.2, -0.15) is 0 Å². The monoisotopic (exact) mass is 290 g/mol. The van der Waals surface area contributed by atoms with Crippen LogP contribution in [-0.2, 0) is 4.79 Å². The predicted octanol–water partition coefficient (Wildman–Crippen LogP) is 2.80. The minimum Gasteiger partial charge on any atom is -0.337 e. The summed E-state index contributed by atoms with van der Waals surface area (Å²) in [7, 11) is 0. The summed E-state index contributed by atoms with van der Waals surface area (Å²) >= 11 is 0. The van der Waals surface area contributed by atoms with Crippen molar-refractivity contribution in [1.82, 2.24) is 10.2 Å². The molecule has 118 valence electrons. The number of carbonyl (C=O) groups excluding carboxylic acids is 1. The predicted molar refractivity (Wildman–Crippen MR) is 83.9 cm³/mol. The normalized spacial score (nSPS) is 52.2. The van der Waals surface area contributed by atoms with Crippen molar-refractivity contribution in [2.45, 2.75) is 65.3 Å². The van der Waals surface area contributed by atoms with Gasteiger partial charge in [0.05, 0.1) is 5.41 Å². The Labute approximate surface area is 128 Å². The van der Waals surface area contributed by atoms with E-state index in [1.807, 2.05) is 0 Å². The zero-order valence-electron chi connectivity index (χ0n) is 13.9. The number of nitrogens with one attached hydrogen (secondary N) is 1. The number of piperazine rings is 1. The van der Waals surface area contributed by atoms with Gasteiger partial charge in [-0.3, -0.25) is 4.79 Å². The molecule has 0 aromatic rings. The quantitative estimate of drug-likeness (QED) is 0.805. The first-order chi connectivity index (χ1) is 9.83. The third-order valence-corrected chi connectivity index (χ3v) is 6.84.